The SMILES string of the molecule is O=C(C[C@@H]1COC[C@H]2CN(Cc3cccnc3)C[C@@H]12)N1CCCC1.O=C(O)C(F)(F)F. The van der Waals surface area contributed by atoms with E-state index in [1.165, 1.54) is 5.56 Å². The van der Waals surface area contributed by atoms with Crippen LogP contribution in [-0.2, 0) is 20.9 Å². The number of rotatable bonds is 4. The van der Waals surface area contributed by atoms with Crippen molar-refractivity contribution in [2.24, 2.45) is 17.8 Å². The normalized spacial score (nSPS) is 26.2. The molecule has 7 nitrogen and oxygen atoms in total. The molecule has 31 heavy (non-hydrogen) atoms. The minimum Gasteiger partial charge on any atom is -0.475 e. The van der Waals surface area contributed by atoms with Gasteiger partial charge in [0, 0.05) is 51.5 Å². The van der Waals surface area contributed by atoms with Gasteiger partial charge in [0.05, 0.1) is 13.2 Å². The lowest BCUT2D eigenvalue weighted by Gasteiger charge is -2.33. The summed E-state index contributed by atoms with van der Waals surface area (Å²) in [7, 11) is 0. The molecule has 3 atom stereocenters. The summed E-state index contributed by atoms with van der Waals surface area (Å²) in [5.41, 5.74) is 1.27. The number of nitrogens with zero attached hydrogens (tertiary/aromatic N) is 3. The van der Waals surface area contributed by atoms with Gasteiger partial charge in [-0.15, -0.1) is 0 Å². The lowest BCUT2D eigenvalue weighted by atomic mass is 9.81. The first-order chi connectivity index (χ1) is 14.7. The molecule has 4 rings (SSSR count). The van der Waals surface area contributed by atoms with Crippen LogP contribution in [0, 0.1) is 17.8 Å². The first-order valence-corrected chi connectivity index (χ1v) is 10.5. The van der Waals surface area contributed by atoms with Crippen LogP contribution < -0.4 is 0 Å². The number of halogens is 3. The van der Waals surface area contributed by atoms with Gasteiger partial charge in [0.2, 0.25) is 5.91 Å². The molecule has 1 aromatic heterocycles. The molecule has 0 radical (unpaired) electrons. The van der Waals surface area contributed by atoms with Crippen LogP contribution in [0.2, 0.25) is 0 Å². The van der Waals surface area contributed by atoms with Gasteiger partial charge in [-0.05, 0) is 42.2 Å². The number of hydrogen-bond donors (Lipinski definition) is 1. The number of likely N-dealkylation sites (tertiary alicyclic amines) is 2. The first kappa shape index (κ1) is 23.5. The zero-order chi connectivity index (χ0) is 22.4. The molecule has 0 aliphatic carbocycles. The van der Waals surface area contributed by atoms with Crippen molar-refractivity contribution in [1.29, 1.82) is 0 Å². The number of pyridine rings is 1. The highest BCUT2D eigenvalue weighted by atomic mass is 19.4. The Morgan fingerprint density at radius 3 is 2.52 bits per heavy atom. The maximum Gasteiger partial charge on any atom is 0.490 e. The number of carbonyl (C=O) groups excluding carboxylic acids is 1. The van der Waals surface area contributed by atoms with Crippen LogP contribution in [0.3, 0.4) is 0 Å². The summed E-state index contributed by atoms with van der Waals surface area (Å²) >= 11 is 0. The van der Waals surface area contributed by atoms with Crippen LogP contribution in [0.5, 0.6) is 0 Å². The topological polar surface area (TPSA) is 83.0 Å². The lowest BCUT2D eigenvalue weighted by molar-refractivity contribution is -0.192. The Morgan fingerprint density at radius 2 is 1.90 bits per heavy atom. The maximum absolute atomic E-state index is 12.5. The number of amides is 1. The fraction of sp³-hybridized carbons (Fsp3) is 0.667. The highest BCUT2D eigenvalue weighted by Crippen LogP contribution is 2.36. The van der Waals surface area contributed by atoms with Crippen molar-refractivity contribution in [3.63, 3.8) is 0 Å². The monoisotopic (exact) mass is 443 g/mol. The number of carbonyl (C=O) groups is 2. The minimum absolute atomic E-state index is 0.340. The quantitative estimate of drug-likeness (QED) is 0.770. The molecule has 10 heteroatoms. The fourth-order valence-electron chi connectivity index (χ4n) is 4.60. The maximum atomic E-state index is 12.5. The third-order valence-corrected chi connectivity index (χ3v) is 6.10. The smallest absolute Gasteiger partial charge is 0.475 e. The van der Waals surface area contributed by atoms with Gasteiger partial charge in [-0.1, -0.05) is 6.07 Å². The summed E-state index contributed by atoms with van der Waals surface area (Å²) in [4.78, 5) is 30.2. The molecule has 1 amide bonds. The highest BCUT2D eigenvalue weighted by Gasteiger charge is 2.42. The number of fused-ring (bicyclic) bond motifs is 1. The second-order valence-electron chi connectivity index (χ2n) is 8.37. The predicted molar refractivity (Wildman–Crippen MR) is 105 cm³/mol. The van der Waals surface area contributed by atoms with E-state index in [1.54, 1.807) is 0 Å². The van der Waals surface area contributed by atoms with Crippen molar-refractivity contribution in [2.75, 3.05) is 39.4 Å². The van der Waals surface area contributed by atoms with Gasteiger partial charge < -0.3 is 14.7 Å². The third kappa shape index (κ3) is 6.64. The minimum atomic E-state index is -5.08. The van der Waals surface area contributed by atoms with Gasteiger partial charge in [0.25, 0.3) is 0 Å². The van der Waals surface area contributed by atoms with Crippen molar-refractivity contribution in [1.82, 2.24) is 14.8 Å². The van der Waals surface area contributed by atoms with E-state index in [0.29, 0.717) is 30.1 Å². The van der Waals surface area contributed by atoms with Crippen LogP contribution in [0.1, 0.15) is 24.8 Å². The van der Waals surface area contributed by atoms with Crippen LogP contribution >= 0.6 is 0 Å². The van der Waals surface area contributed by atoms with E-state index in [9.17, 15) is 18.0 Å². The van der Waals surface area contributed by atoms with Crippen LogP contribution in [0.4, 0.5) is 13.2 Å². The summed E-state index contributed by atoms with van der Waals surface area (Å²) in [6.07, 6.45) is 1.69. The van der Waals surface area contributed by atoms with Crippen LogP contribution in [-0.4, -0.2) is 77.3 Å². The summed E-state index contributed by atoms with van der Waals surface area (Å²) in [5, 5.41) is 7.12. The zero-order valence-electron chi connectivity index (χ0n) is 17.3. The van der Waals surface area contributed by atoms with E-state index in [1.807, 2.05) is 23.4 Å². The highest BCUT2D eigenvalue weighted by molar-refractivity contribution is 5.76. The second-order valence-corrected chi connectivity index (χ2v) is 8.37. The van der Waals surface area contributed by atoms with Gasteiger partial charge in [0.1, 0.15) is 0 Å². The van der Waals surface area contributed by atoms with Crippen molar-refractivity contribution in [3.05, 3.63) is 30.1 Å². The van der Waals surface area contributed by atoms with Crippen molar-refractivity contribution in [3.8, 4) is 0 Å². The molecule has 0 spiro atoms. The second kappa shape index (κ2) is 10.4. The van der Waals surface area contributed by atoms with Gasteiger partial charge >= 0.3 is 12.1 Å². The third-order valence-electron chi connectivity index (χ3n) is 6.10. The fourth-order valence-corrected chi connectivity index (χ4v) is 4.60. The summed E-state index contributed by atoms with van der Waals surface area (Å²) < 4.78 is 37.6. The van der Waals surface area contributed by atoms with Gasteiger partial charge in [-0.25, -0.2) is 4.79 Å². The summed E-state index contributed by atoms with van der Waals surface area (Å²) in [6.45, 7) is 6.62. The summed E-state index contributed by atoms with van der Waals surface area (Å²) in [5.74, 6) is -0.857. The van der Waals surface area contributed by atoms with E-state index in [-0.39, 0.29) is 0 Å². The number of aromatic nitrogens is 1. The van der Waals surface area contributed by atoms with Gasteiger partial charge in [0.15, 0.2) is 0 Å². The Labute approximate surface area is 179 Å². The van der Waals surface area contributed by atoms with Crippen molar-refractivity contribution >= 4 is 11.9 Å². The zero-order valence-corrected chi connectivity index (χ0v) is 17.3. The Morgan fingerprint density at radius 1 is 1.19 bits per heavy atom. The summed E-state index contributed by atoms with van der Waals surface area (Å²) in [6, 6.07) is 4.14. The van der Waals surface area contributed by atoms with Crippen LogP contribution in [0.25, 0.3) is 0 Å². The van der Waals surface area contributed by atoms with Crippen molar-refractivity contribution < 1.29 is 32.6 Å². The predicted octanol–water partition coefficient (Wildman–Crippen LogP) is 2.42. The molecule has 0 bridgehead atoms. The number of carboxylic acid groups (broad SMARTS) is 1. The van der Waals surface area contributed by atoms with Gasteiger partial charge in [-0.3, -0.25) is 14.7 Å². The van der Waals surface area contributed by atoms with Crippen LogP contribution in [0.15, 0.2) is 24.5 Å². The largest absolute Gasteiger partial charge is 0.490 e. The Bertz CT molecular complexity index is 741. The molecule has 172 valence electrons. The number of carboxylic acids is 1. The molecule has 3 fully saturated rings. The number of hydrogen-bond acceptors (Lipinski definition) is 5. The van der Waals surface area contributed by atoms with E-state index in [4.69, 9.17) is 14.6 Å². The number of ether oxygens (including phenoxy) is 1. The molecule has 0 saturated carbocycles. The molecule has 3 aliphatic rings. The molecule has 1 N–H and O–H groups in total. The van der Waals surface area contributed by atoms with Crippen molar-refractivity contribution in [2.45, 2.75) is 32.0 Å². The van der Waals surface area contributed by atoms with E-state index in [2.05, 4.69) is 16.0 Å². The molecule has 3 saturated heterocycles. The average Bonchev–Trinajstić information content (AvgIpc) is 3.39. The molecule has 0 unspecified atom stereocenters. The Kier molecular flexibility index (Phi) is 7.88. The Balaban J connectivity index is 0.000000339. The Hall–Kier alpha value is -2.20. The molecular weight excluding hydrogens is 415 g/mol. The van der Waals surface area contributed by atoms with Gasteiger partial charge in [-0.2, -0.15) is 13.2 Å². The standard InChI is InChI=1S/C19H27N3O2.C2HF3O2/c23-19(22-6-1-2-7-22)8-16-13-24-14-17-11-21(12-18(16)17)10-15-4-3-5-20-9-15;3-2(4,5)1(6)7/h3-5,9,16-18H,1-2,6-8,10-14H2;(H,6,7)/t16-,17-,18+;/m1./s1. The molecule has 4 heterocycles. The first-order valence-electron chi connectivity index (χ1n) is 10.5. The molecular formula is C21H28F3N3O4. The van der Waals surface area contributed by atoms with E-state index >= 15 is 0 Å². The number of alkyl halides is 3. The number of aliphatic carboxylic acids is 1. The molecule has 3 aliphatic heterocycles. The molecule has 1 aromatic rings. The molecule has 0 aromatic carbocycles. The lowest BCUT2D eigenvalue weighted by Crippen LogP contribution is -2.39. The van der Waals surface area contributed by atoms with E-state index < -0.39 is 12.1 Å². The average molecular weight is 443 g/mol. The van der Waals surface area contributed by atoms with E-state index in [0.717, 1.165) is 58.8 Å².